The number of rotatable bonds is 5. The van der Waals surface area contributed by atoms with Gasteiger partial charge < -0.3 is 10.6 Å². The first kappa shape index (κ1) is 16.1. The Morgan fingerprint density at radius 2 is 1.76 bits per heavy atom. The second kappa shape index (κ2) is 7.16. The van der Waals surface area contributed by atoms with Crippen molar-refractivity contribution in [2.24, 2.45) is 5.73 Å². The third-order valence-electron chi connectivity index (χ3n) is 4.14. The number of nitrogens with two attached hydrogens (primary N) is 1. The van der Waals surface area contributed by atoms with Crippen LogP contribution >= 0.6 is 0 Å². The van der Waals surface area contributed by atoms with Gasteiger partial charge in [0.1, 0.15) is 0 Å². The van der Waals surface area contributed by atoms with Gasteiger partial charge in [0.25, 0.3) is 0 Å². The Hall–Kier alpha value is -1.23. The summed E-state index contributed by atoms with van der Waals surface area (Å²) in [6.45, 7) is 1.09. The molecule has 0 bridgehead atoms. The number of para-hydroxylation sites is 1. The molecule has 0 radical (unpaired) electrons. The van der Waals surface area contributed by atoms with Gasteiger partial charge in [0.2, 0.25) is 0 Å². The van der Waals surface area contributed by atoms with Gasteiger partial charge >= 0.3 is 6.18 Å². The zero-order valence-electron chi connectivity index (χ0n) is 12.2. The van der Waals surface area contributed by atoms with Gasteiger partial charge in [-0.15, -0.1) is 0 Å². The fourth-order valence-electron chi connectivity index (χ4n) is 3.12. The molecule has 5 heteroatoms. The minimum atomic E-state index is -4.31. The Kier molecular flexibility index (Phi) is 5.51. The first-order valence-corrected chi connectivity index (χ1v) is 7.67. The summed E-state index contributed by atoms with van der Waals surface area (Å²) < 4.78 is 39.7. The number of anilines is 1. The molecule has 2 rings (SSSR count). The molecule has 1 aliphatic carbocycles. The van der Waals surface area contributed by atoms with Gasteiger partial charge in [-0.25, -0.2) is 0 Å². The third kappa shape index (κ3) is 4.13. The summed E-state index contributed by atoms with van der Waals surface area (Å²) >= 11 is 0. The average Bonchev–Trinajstić information content (AvgIpc) is 2.48. The van der Waals surface area contributed by atoms with Crippen LogP contribution in [-0.4, -0.2) is 19.1 Å². The predicted octanol–water partition coefficient (Wildman–Crippen LogP) is 4.19. The highest BCUT2D eigenvalue weighted by Gasteiger charge is 2.35. The van der Waals surface area contributed by atoms with E-state index in [0.29, 0.717) is 25.2 Å². The molecule has 1 aromatic rings. The molecular formula is C16H23F3N2. The molecule has 1 aliphatic rings. The summed E-state index contributed by atoms with van der Waals surface area (Å²) in [4.78, 5) is 1.94. The Labute approximate surface area is 124 Å². The lowest BCUT2D eigenvalue weighted by atomic mass is 9.93. The molecule has 0 amide bonds. The zero-order valence-corrected chi connectivity index (χ0v) is 12.2. The standard InChI is InChI=1S/C16H23F3N2/c17-16(18,19)14-9-4-5-10-15(14)21(12-6-11-20)13-7-2-1-3-8-13/h4-5,9-10,13H,1-3,6-8,11-12,20H2. The smallest absolute Gasteiger partial charge is 0.368 e. The van der Waals surface area contributed by atoms with E-state index in [1.807, 2.05) is 4.90 Å². The summed E-state index contributed by atoms with van der Waals surface area (Å²) in [5, 5.41) is 0. The molecule has 2 N–H and O–H groups in total. The molecule has 0 saturated heterocycles. The second-order valence-corrected chi connectivity index (χ2v) is 5.64. The Morgan fingerprint density at radius 1 is 1.10 bits per heavy atom. The van der Waals surface area contributed by atoms with Crippen LogP contribution in [0.15, 0.2) is 24.3 Å². The molecular weight excluding hydrogens is 277 g/mol. The molecule has 2 nitrogen and oxygen atoms in total. The second-order valence-electron chi connectivity index (χ2n) is 5.64. The van der Waals surface area contributed by atoms with Crippen LogP contribution in [0.1, 0.15) is 44.1 Å². The van der Waals surface area contributed by atoms with Crippen molar-refractivity contribution in [1.82, 2.24) is 0 Å². The van der Waals surface area contributed by atoms with Crippen molar-refractivity contribution in [1.29, 1.82) is 0 Å². The minimum Gasteiger partial charge on any atom is -0.368 e. The fraction of sp³-hybridized carbons (Fsp3) is 0.625. The maximum absolute atomic E-state index is 13.2. The van der Waals surface area contributed by atoms with Crippen molar-refractivity contribution in [2.75, 3.05) is 18.0 Å². The number of halogens is 3. The topological polar surface area (TPSA) is 29.3 Å². The fourth-order valence-corrected chi connectivity index (χ4v) is 3.12. The maximum Gasteiger partial charge on any atom is 0.418 e. The molecule has 21 heavy (non-hydrogen) atoms. The van der Waals surface area contributed by atoms with Crippen molar-refractivity contribution in [3.63, 3.8) is 0 Å². The lowest BCUT2D eigenvalue weighted by Gasteiger charge is -2.37. The molecule has 1 aromatic carbocycles. The minimum absolute atomic E-state index is 0.203. The van der Waals surface area contributed by atoms with Crippen LogP contribution in [0.5, 0.6) is 0 Å². The van der Waals surface area contributed by atoms with Crippen LogP contribution in [0.25, 0.3) is 0 Å². The summed E-state index contributed by atoms with van der Waals surface area (Å²) in [5.74, 6) is 0. The van der Waals surface area contributed by atoms with Gasteiger partial charge in [-0.1, -0.05) is 31.4 Å². The van der Waals surface area contributed by atoms with Crippen LogP contribution in [0.3, 0.4) is 0 Å². The monoisotopic (exact) mass is 300 g/mol. The highest BCUT2D eigenvalue weighted by Crippen LogP contribution is 2.38. The largest absolute Gasteiger partial charge is 0.418 e. The van der Waals surface area contributed by atoms with Crippen LogP contribution in [0, 0.1) is 0 Å². The van der Waals surface area contributed by atoms with Gasteiger partial charge in [-0.05, 0) is 37.9 Å². The van der Waals surface area contributed by atoms with E-state index in [-0.39, 0.29) is 6.04 Å². The highest BCUT2D eigenvalue weighted by atomic mass is 19.4. The average molecular weight is 300 g/mol. The van der Waals surface area contributed by atoms with Crippen LogP contribution in [-0.2, 0) is 6.18 Å². The van der Waals surface area contributed by atoms with Crippen molar-refractivity contribution >= 4 is 5.69 Å². The number of nitrogens with zero attached hydrogens (tertiary/aromatic N) is 1. The molecule has 0 unspecified atom stereocenters. The number of hydrogen-bond donors (Lipinski definition) is 1. The lowest BCUT2D eigenvalue weighted by molar-refractivity contribution is -0.137. The van der Waals surface area contributed by atoms with E-state index in [0.717, 1.165) is 25.7 Å². The predicted molar refractivity (Wildman–Crippen MR) is 79.3 cm³/mol. The van der Waals surface area contributed by atoms with Gasteiger partial charge in [-0.2, -0.15) is 13.2 Å². The SMILES string of the molecule is NCCCN(c1ccccc1C(F)(F)F)C1CCCCC1. The first-order valence-electron chi connectivity index (χ1n) is 7.67. The van der Waals surface area contributed by atoms with E-state index >= 15 is 0 Å². The molecule has 0 aliphatic heterocycles. The van der Waals surface area contributed by atoms with Crippen LogP contribution in [0.4, 0.5) is 18.9 Å². The van der Waals surface area contributed by atoms with E-state index in [2.05, 4.69) is 0 Å². The van der Waals surface area contributed by atoms with Crippen molar-refractivity contribution in [2.45, 2.75) is 50.7 Å². The van der Waals surface area contributed by atoms with Gasteiger partial charge in [0.15, 0.2) is 0 Å². The quantitative estimate of drug-likeness (QED) is 0.883. The summed E-state index contributed by atoms with van der Waals surface area (Å²) in [7, 11) is 0. The Bertz CT molecular complexity index is 439. The third-order valence-corrected chi connectivity index (χ3v) is 4.14. The molecule has 0 spiro atoms. The summed E-state index contributed by atoms with van der Waals surface area (Å²) in [6.07, 6.45) is 1.71. The Morgan fingerprint density at radius 3 is 2.38 bits per heavy atom. The van der Waals surface area contributed by atoms with Gasteiger partial charge in [0, 0.05) is 18.3 Å². The maximum atomic E-state index is 13.2. The van der Waals surface area contributed by atoms with Gasteiger partial charge in [-0.3, -0.25) is 0 Å². The number of benzene rings is 1. The van der Waals surface area contributed by atoms with E-state index in [9.17, 15) is 13.2 Å². The normalized spacial score (nSPS) is 17.0. The Balaban J connectivity index is 2.31. The van der Waals surface area contributed by atoms with Crippen LogP contribution in [0.2, 0.25) is 0 Å². The van der Waals surface area contributed by atoms with E-state index in [4.69, 9.17) is 5.73 Å². The highest BCUT2D eigenvalue weighted by molar-refractivity contribution is 5.55. The van der Waals surface area contributed by atoms with E-state index in [1.54, 1.807) is 12.1 Å². The molecule has 0 heterocycles. The van der Waals surface area contributed by atoms with E-state index in [1.165, 1.54) is 18.6 Å². The molecule has 1 fully saturated rings. The van der Waals surface area contributed by atoms with Crippen molar-refractivity contribution in [3.05, 3.63) is 29.8 Å². The molecule has 118 valence electrons. The molecule has 0 atom stereocenters. The van der Waals surface area contributed by atoms with E-state index < -0.39 is 11.7 Å². The first-order chi connectivity index (χ1) is 10.0. The molecule has 1 saturated carbocycles. The molecule has 0 aromatic heterocycles. The van der Waals surface area contributed by atoms with Gasteiger partial charge in [0.05, 0.1) is 5.56 Å². The summed E-state index contributed by atoms with van der Waals surface area (Å²) in [6, 6.07) is 6.10. The summed E-state index contributed by atoms with van der Waals surface area (Å²) in [5.41, 5.74) is 5.34. The van der Waals surface area contributed by atoms with Crippen molar-refractivity contribution < 1.29 is 13.2 Å². The lowest BCUT2D eigenvalue weighted by Crippen LogP contribution is -2.39. The zero-order chi connectivity index (χ0) is 15.3. The number of hydrogen-bond acceptors (Lipinski definition) is 2. The van der Waals surface area contributed by atoms with Crippen LogP contribution < -0.4 is 10.6 Å². The van der Waals surface area contributed by atoms with Crippen molar-refractivity contribution in [3.8, 4) is 0 Å². The number of alkyl halides is 3.